The van der Waals surface area contributed by atoms with Crippen molar-refractivity contribution in [3.63, 3.8) is 0 Å². The summed E-state index contributed by atoms with van der Waals surface area (Å²) in [4.78, 5) is 4.24. The number of hydrogen-bond acceptors (Lipinski definition) is 4. The van der Waals surface area contributed by atoms with Gasteiger partial charge in [0.25, 0.3) is 0 Å². The minimum Gasteiger partial charge on any atom is -0.394 e. The molecule has 2 aromatic rings. The van der Waals surface area contributed by atoms with Crippen molar-refractivity contribution in [2.45, 2.75) is 6.04 Å². The van der Waals surface area contributed by atoms with Gasteiger partial charge < -0.3 is 10.4 Å². The molecular weight excluding hydrogens is 288 g/mol. The Morgan fingerprint density at radius 3 is 2.69 bits per heavy atom. The summed E-state index contributed by atoms with van der Waals surface area (Å²) in [6.45, 7) is 0.0429. The van der Waals surface area contributed by atoms with Gasteiger partial charge in [0.2, 0.25) is 0 Å². The fourth-order valence-corrected chi connectivity index (χ4v) is 2.59. The summed E-state index contributed by atoms with van der Waals surface area (Å²) in [5.41, 5.74) is 1.05. The number of anilines is 1. The molecule has 16 heavy (non-hydrogen) atoms. The van der Waals surface area contributed by atoms with E-state index in [4.69, 9.17) is 0 Å². The summed E-state index contributed by atoms with van der Waals surface area (Å²) in [6, 6.07) is 9.72. The number of nitrogens with one attached hydrogen (secondary N) is 1. The van der Waals surface area contributed by atoms with Crippen LogP contribution in [0, 0.1) is 0 Å². The van der Waals surface area contributed by atoms with Gasteiger partial charge in [0.15, 0.2) is 5.13 Å². The Balaban J connectivity index is 2.12. The first-order chi connectivity index (χ1) is 7.79. The fourth-order valence-electron chi connectivity index (χ4n) is 1.39. The largest absolute Gasteiger partial charge is 0.394 e. The van der Waals surface area contributed by atoms with Crippen molar-refractivity contribution in [2.75, 3.05) is 11.9 Å². The Morgan fingerprint density at radius 1 is 1.38 bits per heavy atom. The highest BCUT2D eigenvalue weighted by Crippen LogP contribution is 2.24. The van der Waals surface area contributed by atoms with Gasteiger partial charge >= 0.3 is 0 Å². The van der Waals surface area contributed by atoms with Crippen LogP contribution in [0.1, 0.15) is 11.6 Å². The van der Waals surface area contributed by atoms with Crippen molar-refractivity contribution in [3.8, 4) is 0 Å². The normalized spacial score (nSPS) is 12.4. The van der Waals surface area contributed by atoms with Gasteiger partial charge in [-0.15, -0.1) is 11.3 Å². The van der Waals surface area contributed by atoms with Crippen LogP contribution in [-0.4, -0.2) is 16.7 Å². The maximum absolute atomic E-state index is 9.35. The van der Waals surface area contributed by atoms with E-state index in [1.807, 2.05) is 35.7 Å². The van der Waals surface area contributed by atoms with Gasteiger partial charge in [0.05, 0.1) is 12.6 Å². The molecule has 1 aromatic heterocycles. The summed E-state index contributed by atoms with van der Waals surface area (Å²) in [5.74, 6) is 0. The molecule has 84 valence electrons. The van der Waals surface area contributed by atoms with E-state index in [1.165, 1.54) is 11.3 Å². The molecule has 0 aliphatic carbocycles. The monoisotopic (exact) mass is 298 g/mol. The van der Waals surface area contributed by atoms with Crippen LogP contribution < -0.4 is 5.32 Å². The number of halogens is 1. The van der Waals surface area contributed by atoms with Crippen LogP contribution in [0.2, 0.25) is 0 Å². The number of aliphatic hydroxyl groups excluding tert-OH is 1. The van der Waals surface area contributed by atoms with Crippen LogP contribution in [0.3, 0.4) is 0 Å². The molecule has 2 N–H and O–H groups in total. The van der Waals surface area contributed by atoms with E-state index in [2.05, 4.69) is 26.2 Å². The van der Waals surface area contributed by atoms with Gasteiger partial charge in [-0.3, -0.25) is 0 Å². The summed E-state index contributed by atoms with van der Waals surface area (Å²) >= 11 is 4.80. The van der Waals surface area contributed by atoms with E-state index in [0.29, 0.717) is 0 Å². The highest BCUT2D eigenvalue weighted by molar-refractivity contribution is 9.10. The van der Waals surface area contributed by atoms with Gasteiger partial charge in [-0.1, -0.05) is 30.3 Å². The summed E-state index contributed by atoms with van der Waals surface area (Å²) in [7, 11) is 0. The van der Waals surface area contributed by atoms with Crippen LogP contribution in [0.5, 0.6) is 0 Å². The molecule has 0 bridgehead atoms. The second-order valence-corrected chi connectivity index (χ2v) is 4.94. The number of benzene rings is 1. The lowest BCUT2D eigenvalue weighted by Gasteiger charge is -2.15. The standard InChI is InChI=1S/C11H11BrN2OS/c12-10-7-16-11(14-10)13-9(6-15)8-4-2-1-3-5-8/h1-5,7,9,15H,6H2,(H,13,14). The Bertz CT molecular complexity index is 446. The molecule has 1 aromatic carbocycles. The van der Waals surface area contributed by atoms with Crippen molar-refractivity contribution in [1.82, 2.24) is 4.98 Å². The molecule has 0 saturated heterocycles. The molecule has 1 unspecified atom stereocenters. The molecule has 1 atom stereocenters. The van der Waals surface area contributed by atoms with Gasteiger partial charge in [-0.2, -0.15) is 0 Å². The Labute approximate surface area is 106 Å². The third-order valence-corrected chi connectivity index (χ3v) is 3.64. The second-order valence-electron chi connectivity index (χ2n) is 3.27. The summed E-state index contributed by atoms with van der Waals surface area (Å²) in [5, 5.41) is 15.2. The third-order valence-electron chi connectivity index (χ3n) is 2.16. The molecule has 0 aliphatic rings. The smallest absolute Gasteiger partial charge is 0.184 e. The summed E-state index contributed by atoms with van der Waals surface area (Å²) < 4.78 is 0.810. The molecule has 5 heteroatoms. The average Bonchev–Trinajstić information content (AvgIpc) is 2.73. The first-order valence-electron chi connectivity index (χ1n) is 4.83. The maximum Gasteiger partial charge on any atom is 0.184 e. The molecule has 0 spiro atoms. The number of aromatic nitrogens is 1. The summed E-state index contributed by atoms with van der Waals surface area (Å²) in [6.07, 6.45) is 0. The van der Waals surface area contributed by atoms with E-state index in [1.54, 1.807) is 0 Å². The van der Waals surface area contributed by atoms with E-state index >= 15 is 0 Å². The third kappa shape index (κ3) is 2.81. The van der Waals surface area contributed by atoms with E-state index in [-0.39, 0.29) is 12.6 Å². The minimum atomic E-state index is -0.112. The molecule has 1 heterocycles. The van der Waals surface area contributed by atoms with Crippen LogP contribution in [-0.2, 0) is 0 Å². The molecule has 3 nitrogen and oxygen atoms in total. The predicted octanol–water partition coefficient (Wildman–Crippen LogP) is 3.05. The zero-order chi connectivity index (χ0) is 11.4. The second kappa shape index (κ2) is 5.43. The lowest BCUT2D eigenvalue weighted by Crippen LogP contribution is -2.14. The highest BCUT2D eigenvalue weighted by Gasteiger charge is 2.11. The van der Waals surface area contributed by atoms with Crippen molar-refractivity contribution in [3.05, 3.63) is 45.9 Å². The quantitative estimate of drug-likeness (QED) is 0.912. The molecule has 0 fully saturated rings. The van der Waals surface area contributed by atoms with Crippen LogP contribution in [0.25, 0.3) is 0 Å². The molecule has 2 rings (SSSR count). The van der Waals surface area contributed by atoms with E-state index in [9.17, 15) is 5.11 Å². The first-order valence-corrected chi connectivity index (χ1v) is 6.50. The number of rotatable bonds is 4. The van der Waals surface area contributed by atoms with Gasteiger partial charge in [-0.05, 0) is 21.5 Å². The molecule has 0 aliphatic heterocycles. The topological polar surface area (TPSA) is 45.1 Å². The number of nitrogens with zero attached hydrogens (tertiary/aromatic N) is 1. The number of aliphatic hydroxyl groups is 1. The van der Waals surface area contributed by atoms with Crippen molar-refractivity contribution in [2.24, 2.45) is 0 Å². The predicted molar refractivity (Wildman–Crippen MR) is 69.7 cm³/mol. The first kappa shape index (κ1) is 11.6. The SMILES string of the molecule is OCC(Nc1nc(Br)cs1)c1ccccc1. The van der Waals surface area contributed by atoms with Crippen LogP contribution >= 0.6 is 27.3 Å². The lowest BCUT2D eigenvalue weighted by molar-refractivity contribution is 0.276. The Hall–Kier alpha value is -0.910. The molecule has 0 radical (unpaired) electrons. The van der Waals surface area contributed by atoms with E-state index in [0.717, 1.165) is 15.3 Å². The Morgan fingerprint density at radius 2 is 2.12 bits per heavy atom. The zero-order valence-corrected chi connectivity index (χ0v) is 10.8. The number of thiazole rings is 1. The van der Waals surface area contributed by atoms with Gasteiger partial charge in [0.1, 0.15) is 4.60 Å². The number of hydrogen-bond donors (Lipinski definition) is 2. The van der Waals surface area contributed by atoms with Gasteiger partial charge in [0, 0.05) is 5.38 Å². The maximum atomic E-state index is 9.35. The average molecular weight is 299 g/mol. The van der Waals surface area contributed by atoms with Crippen molar-refractivity contribution in [1.29, 1.82) is 0 Å². The minimum absolute atomic E-state index is 0.0429. The molecule has 0 saturated carbocycles. The lowest BCUT2D eigenvalue weighted by atomic mass is 10.1. The highest BCUT2D eigenvalue weighted by atomic mass is 79.9. The fraction of sp³-hybridized carbons (Fsp3) is 0.182. The van der Waals surface area contributed by atoms with E-state index < -0.39 is 0 Å². The van der Waals surface area contributed by atoms with Crippen LogP contribution in [0.4, 0.5) is 5.13 Å². The molecule has 0 amide bonds. The molecular formula is C11H11BrN2OS. The van der Waals surface area contributed by atoms with Crippen LogP contribution in [0.15, 0.2) is 40.3 Å². The Kier molecular flexibility index (Phi) is 3.93. The zero-order valence-electron chi connectivity index (χ0n) is 8.43. The van der Waals surface area contributed by atoms with Crippen molar-refractivity contribution < 1.29 is 5.11 Å². The van der Waals surface area contributed by atoms with Gasteiger partial charge in [-0.25, -0.2) is 4.98 Å². The van der Waals surface area contributed by atoms with Crippen molar-refractivity contribution >= 4 is 32.4 Å².